The number of benzene rings is 5. The molecule has 0 amide bonds. The third kappa shape index (κ3) is 7.15. The van der Waals surface area contributed by atoms with Crippen LogP contribution in [0.1, 0.15) is 12.3 Å². The number of thioether (sulfide) groups is 1. The van der Waals surface area contributed by atoms with Crippen LogP contribution in [0.5, 0.6) is 5.75 Å². The quantitative estimate of drug-likeness (QED) is 0.0703. The number of fused-ring (bicyclic) bond motifs is 5. The van der Waals surface area contributed by atoms with Crippen molar-refractivity contribution in [3.05, 3.63) is 125 Å². The highest BCUT2D eigenvalue weighted by atomic mass is 79.9. The summed E-state index contributed by atoms with van der Waals surface area (Å²) in [5.41, 5.74) is 2.57. The van der Waals surface area contributed by atoms with E-state index in [0.717, 1.165) is 52.9 Å². The Kier molecular flexibility index (Phi) is 9.56. The molecule has 0 saturated carbocycles. The molecule has 1 aliphatic heterocycles. The highest BCUT2D eigenvalue weighted by Gasteiger charge is 2.26. The van der Waals surface area contributed by atoms with E-state index in [4.69, 9.17) is 13.9 Å². The van der Waals surface area contributed by atoms with Crippen LogP contribution < -0.4 is 14.2 Å². The molecule has 6 aromatic rings. The molecule has 7 rings (SSSR count). The van der Waals surface area contributed by atoms with E-state index in [1.54, 1.807) is 11.8 Å². The molecule has 1 aromatic heterocycles. The number of oxazole rings is 1. The van der Waals surface area contributed by atoms with Crippen molar-refractivity contribution in [3.63, 3.8) is 0 Å². The highest BCUT2D eigenvalue weighted by Crippen LogP contribution is 2.47. The van der Waals surface area contributed by atoms with Gasteiger partial charge in [-0.1, -0.05) is 88.4 Å². The minimum atomic E-state index is -4.34. The molecule has 8 nitrogen and oxygen atoms in total. The van der Waals surface area contributed by atoms with E-state index in [1.807, 2.05) is 89.5 Å². The molecule has 0 aliphatic carbocycles. The average Bonchev–Trinajstić information content (AvgIpc) is 3.61. The SMILES string of the molecule is O=S(=O)([O-])CCC[n+]1c(/C=C/C=C2\Sc3ccc(Br)cc3N2COCCOc2cccc3ccccc23)oc2ccc3ccccc3c21. The molecule has 48 heavy (non-hydrogen) atoms. The largest absolute Gasteiger partial charge is 0.748 e. The van der Waals surface area contributed by atoms with Crippen LogP contribution in [0.4, 0.5) is 5.69 Å². The molecule has 0 saturated heterocycles. The fourth-order valence-electron chi connectivity index (χ4n) is 5.85. The number of halogens is 1. The summed E-state index contributed by atoms with van der Waals surface area (Å²) in [6, 6.07) is 32.2. The van der Waals surface area contributed by atoms with Gasteiger partial charge in [0.1, 0.15) is 19.1 Å². The maximum atomic E-state index is 11.4. The van der Waals surface area contributed by atoms with Crippen LogP contribution in [0.3, 0.4) is 0 Å². The van der Waals surface area contributed by atoms with Crippen LogP contribution >= 0.6 is 27.7 Å². The number of hydrogen-bond donors (Lipinski definition) is 0. The van der Waals surface area contributed by atoms with Gasteiger partial charge in [-0.3, -0.25) is 0 Å². The van der Waals surface area contributed by atoms with Gasteiger partial charge in [0.25, 0.3) is 5.52 Å². The predicted molar refractivity (Wildman–Crippen MR) is 193 cm³/mol. The fraction of sp³-hybridized carbons (Fsp3) is 0.162. The van der Waals surface area contributed by atoms with E-state index in [9.17, 15) is 13.0 Å². The van der Waals surface area contributed by atoms with Gasteiger partial charge in [0.15, 0.2) is 6.54 Å². The zero-order valence-corrected chi connectivity index (χ0v) is 29.0. The van der Waals surface area contributed by atoms with E-state index < -0.39 is 15.9 Å². The van der Waals surface area contributed by atoms with E-state index >= 15 is 0 Å². The van der Waals surface area contributed by atoms with Crippen LogP contribution in [0, 0.1) is 0 Å². The first kappa shape index (κ1) is 32.4. The lowest BCUT2D eigenvalue weighted by Gasteiger charge is -2.20. The topological polar surface area (TPSA) is 95.9 Å². The second-order valence-corrected chi connectivity index (χ2v) is 14.7. The molecule has 11 heteroatoms. The molecule has 244 valence electrons. The van der Waals surface area contributed by atoms with Gasteiger partial charge >= 0.3 is 5.89 Å². The highest BCUT2D eigenvalue weighted by molar-refractivity contribution is 9.10. The molecule has 0 atom stereocenters. The van der Waals surface area contributed by atoms with Gasteiger partial charge in [0.2, 0.25) is 5.58 Å². The Labute approximate surface area is 291 Å². The number of rotatable bonds is 12. The average molecular weight is 744 g/mol. The molecule has 0 spiro atoms. The Hall–Kier alpha value is -4.13. The van der Waals surface area contributed by atoms with E-state index in [1.165, 1.54) is 0 Å². The zero-order valence-electron chi connectivity index (χ0n) is 25.8. The predicted octanol–water partition coefficient (Wildman–Crippen LogP) is 8.24. The number of anilines is 1. The van der Waals surface area contributed by atoms with Crippen molar-refractivity contribution >= 4 is 82.2 Å². The Morgan fingerprint density at radius 2 is 1.69 bits per heavy atom. The first-order valence-corrected chi connectivity index (χ1v) is 18.6. The van der Waals surface area contributed by atoms with Crippen LogP contribution in [0.25, 0.3) is 38.7 Å². The molecular formula is C37H31BrN2O6S2. The number of allylic oxidation sites excluding steroid dienone is 2. The Morgan fingerprint density at radius 1 is 0.917 bits per heavy atom. The minimum Gasteiger partial charge on any atom is -0.748 e. The monoisotopic (exact) mass is 742 g/mol. The normalized spacial score (nSPS) is 14.2. The molecule has 2 heterocycles. The summed E-state index contributed by atoms with van der Waals surface area (Å²) < 4.78 is 55.5. The second-order valence-electron chi connectivity index (χ2n) is 11.2. The first-order chi connectivity index (χ1) is 23.3. The van der Waals surface area contributed by atoms with Gasteiger partial charge in [0, 0.05) is 26.9 Å². The third-order valence-corrected chi connectivity index (χ3v) is 10.4. The van der Waals surface area contributed by atoms with Crippen LogP contribution in [-0.2, 0) is 21.4 Å². The van der Waals surface area contributed by atoms with E-state index in [0.29, 0.717) is 38.0 Å². The summed E-state index contributed by atoms with van der Waals surface area (Å²) in [4.78, 5) is 3.23. The Morgan fingerprint density at radius 3 is 2.52 bits per heavy atom. The number of hydrogen-bond acceptors (Lipinski definition) is 8. The van der Waals surface area contributed by atoms with Crippen molar-refractivity contribution < 1.29 is 31.4 Å². The number of nitrogens with zero attached hydrogens (tertiary/aromatic N) is 2. The minimum absolute atomic E-state index is 0.172. The molecular weight excluding hydrogens is 712 g/mol. The fourth-order valence-corrected chi connectivity index (χ4v) is 7.73. The lowest BCUT2D eigenvalue weighted by molar-refractivity contribution is -0.677. The summed E-state index contributed by atoms with van der Waals surface area (Å²) in [6.07, 6.45) is 5.96. The molecule has 0 unspecified atom stereocenters. The van der Waals surface area contributed by atoms with Crippen molar-refractivity contribution in [2.75, 3.05) is 30.6 Å². The molecule has 0 fully saturated rings. The maximum absolute atomic E-state index is 11.4. The zero-order chi connectivity index (χ0) is 33.1. The number of aryl methyl sites for hydroxylation is 1. The van der Waals surface area contributed by atoms with Crippen molar-refractivity contribution in [2.45, 2.75) is 17.9 Å². The van der Waals surface area contributed by atoms with Gasteiger partial charge in [0.05, 0.1) is 38.9 Å². The number of ether oxygens (including phenoxy) is 2. The summed E-state index contributed by atoms with van der Waals surface area (Å²) in [7, 11) is -4.34. The summed E-state index contributed by atoms with van der Waals surface area (Å²) in [5, 5.41) is 5.20. The van der Waals surface area contributed by atoms with Crippen LogP contribution in [-0.4, -0.2) is 38.7 Å². The van der Waals surface area contributed by atoms with Gasteiger partial charge in [-0.25, -0.2) is 8.42 Å². The first-order valence-electron chi connectivity index (χ1n) is 15.4. The van der Waals surface area contributed by atoms with Crippen molar-refractivity contribution in [2.24, 2.45) is 0 Å². The second kappa shape index (κ2) is 14.2. The summed E-state index contributed by atoms with van der Waals surface area (Å²) in [5.74, 6) is 0.939. The molecule has 0 N–H and O–H groups in total. The van der Waals surface area contributed by atoms with E-state index in [2.05, 4.69) is 51.2 Å². The maximum Gasteiger partial charge on any atom is 0.374 e. The molecule has 0 bridgehead atoms. The molecule has 0 radical (unpaired) electrons. The van der Waals surface area contributed by atoms with Gasteiger partial charge in [-0.2, -0.15) is 4.57 Å². The van der Waals surface area contributed by atoms with Gasteiger partial charge in [-0.05, 0) is 59.3 Å². The standard InChI is InChI=1S/C37H31BrN2O6S2/c38-28-17-19-34-31(24-28)40(25-44-21-22-45-32-13-5-10-26-8-1-3-11-29(26)32)36(47-34)15-6-14-35-39(20-7-23-48(41,42)43)37-30-12-4-2-9-27(30)16-18-33(37)46-35/h1-6,8-19,24H,7,20-23,25H2. The summed E-state index contributed by atoms with van der Waals surface area (Å²) >= 11 is 5.25. The lowest BCUT2D eigenvalue weighted by Crippen LogP contribution is -2.36. The smallest absolute Gasteiger partial charge is 0.374 e. The van der Waals surface area contributed by atoms with Gasteiger partial charge in [-0.15, -0.1) is 0 Å². The summed E-state index contributed by atoms with van der Waals surface area (Å²) in [6.45, 7) is 1.46. The van der Waals surface area contributed by atoms with Crippen molar-refractivity contribution in [3.8, 4) is 5.75 Å². The third-order valence-electron chi connectivity index (χ3n) is 8.02. The van der Waals surface area contributed by atoms with E-state index in [-0.39, 0.29) is 6.42 Å². The van der Waals surface area contributed by atoms with Crippen LogP contribution in [0.15, 0.2) is 128 Å². The number of aromatic nitrogens is 1. The lowest BCUT2D eigenvalue weighted by atomic mass is 10.1. The Balaban J connectivity index is 1.11. The van der Waals surface area contributed by atoms with Crippen molar-refractivity contribution in [1.29, 1.82) is 0 Å². The Bertz CT molecular complexity index is 2300. The molecule has 5 aromatic carbocycles. The van der Waals surface area contributed by atoms with Crippen LogP contribution in [0.2, 0.25) is 0 Å². The molecule has 1 aliphatic rings. The van der Waals surface area contributed by atoms with Crippen molar-refractivity contribution in [1.82, 2.24) is 0 Å². The van der Waals surface area contributed by atoms with Gasteiger partial charge < -0.3 is 23.3 Å².